The molecule has 0 unspecified atom stereocenters. The monoisotopic (exact) mass is 502 g/mol. The summed E-state index contributed by atoms with van der Waals surface area (Å²) in [5, 5.41) is 7.20. The molecule has 5 nitrogen and oxygen atoms in total. The van der Waals surface area contributed by atoms with Crippen molar-refractivity contribution in [1.29, 1.82) is 0 Å². The van der Waals surface area contributed by atoms with Crippen molar-refractivity contribution in [2.75, 3.05) is 26.2 Å². The van der Waals surface area contributed by atoms with E-state index < -0.39 is 0 Å². The molecule has 6 heteroatoms. The van der Waals surface area contributed by atoms with Crippen LogP contribution in [0.4, 0.5) is 0 Å². The molecule has 1 saturated heterocycles. The van der Waals surface area contributed by atoms with E-state index in [1.807, 2.05) is 12.1 Å². The van der Waals surface area contributed by atoms with Crippen molar-refractivity contribution >= 4 is 29.9 Å². The fourth-order valence-electron chi connectivity index (χ4n) is 4.23. The van der Waals surface area contributed by atoms with Gasteiger partial charge in [0.1, 0.15) is 5.76 Å². The minimum Gasteiger partial charge on any atom is -0.469 e. The number of piperidine rings is 1. The van der Waals surface area contributed by atoms with Gasteiger partial charge in [-0.3, -0.25) is 4.99 Å². The molecular formula is C22H39IN4O. The van der Waals surface area contributed by atoms with Crippen LogP contribution in [0.5, 0.6) is 0 Å². The Labute approximate surface area is 188 Å². The maximum absolute atomic E-state index is 5.43. The van der Waals surface area contributed by atoms with E-state index in [1.54, 1.807) is 6.26 Å². The predicted molar refractivity (Wildman–Crippen MR) is 128 cm³/mol. The number of guanidine groups is 1. The molecule has 0 bridgehead atoms. The van der Waals surface area contributed by atoms with Gasteiger partial charge < -0.3 is 20.0 Å². The maximum atomic E-state index is 5.43. The van der Waals surface area contributed by atoms with Gasteiger partial charge in [0.15, 0.2) is 5.96 Å². The second-order valence-corrected chi connectivity index (χ2v) is 8.59. The Morgan fingerprint density at radius 1 is 1.18 bits per heavy atom. The summed E-state index contributed by atoms with van der Waals surface area (Å²) >= 11 is 0. The lowest BCUT2D eigenvalue weighted by Gasteiger charge is -2.39. The number of aliphatic imine (C=N–C) groups is 1. The Morgan fingerprint density at radius 3 is 2.57 bits per heavy atom. The predicted octanol–water partition coefficient (Wildman–Crippen LogP) is 4.43. The van der Waals surface area contributed by atoms with Gasteiger partial charge in [-0.15, -0.1) is 24.0 Å². The molecule has 1 aliphatic heterocycles. The second-order valence-electron chi connectivity index (χ2n) is 8.59. The summed E-state index contributed by atoms with van der Waals surface area (Å²) in [5.41, 5.74) is 0. The van der Waals surface area contributed by atoms with Crippen molar-refractivity contribution in [3.8, 4) is 0 Å². The van der Waals surface area contributed by atoms with Crippen LogP contribution in [0.25, 0.3) is 0 Å². The highest BCUT2D eigenvalue weighted by Crippen LogP contribution is 2.25. The van der Waals surface area contributed by atoms with Gasteiger partial charge in [-0.2, -0.15) is 0 Å². The van der Waals surface area contributed by atoms with Gasteiger partial charge in [-0.05, 0) is 43.7 Å². The Hall–Kier alpha value is -0.760. The highest BCUT2D eigenvalue weighted by molar-refractivity contribution is 14.0. The molecule has 0 atom stereocenters. The van der Waals surface area contributed by atoms with Crippen LogP contribution in [-0.2, 0) is 6.42 Å². The topological polar surface area (TPSA) is 52.8 Å². The van der Waals surface area contributed by atoms with Crippen molar-refractivity contribution < 1.29 is 4.42 Å². The summed E-state index contributed by atoms with van der Waals surface area (Å²) in [6.07, 6.45) is 12.2. The van der Waals surface area contributed by atoms with E-state index >= 15 is 0 Å². The Bertz CT molecular complexity index is 547. The summed E-state index contributed by atoms with van der Waals surface area (Å²) in [5.74, 6) is 2.56. The van der Waals surface area contributed by atoms with Gasteiger partial charge in [-0.25, -0.2) is 0 Å². The van der Waals surface area contributed by atoms with Crippen LogP contribution in [0.2, 0.25) is 0 Å². The van der Waals surface area contributed by atoms with Gasteiger partial charge >= 0.3 is 0 Å². The molecule has 28 heavy (non-hydrogen) atoms. The molecule has 1 saturated carbocycles. The van der Waals surface area contributed by atoms with Crippen LogP contribution in [0.15, 0.2) is 27.8 Å². The lowest BCUT2D eigenvalue weighted by molar-refractivity contribution is 0.119. The fraction of sp³-hybridized carbons (Fsp3) is 0.773. The number of nitrogens with zero attached hydrogens (tertiary/aromatic N) is 2. The van der Waals surface area contributed by atoms with Gasteiger partial charge in [0, 0.05) is 44.7 Å². The molecule has 2 aliphatic rings. The molecule has 2 N–H and O–H groups in total. The Morgan fingerprint density at radius 2 is 1.93 bits per heavy atom. The van der Waals surface area contributed by atoms with E-state index in [1.165, 1.54) is 58.0 Å². The molecule has 2 fully saturated rings. The van der Waals surface area contributed by atoms with Crippen molar-refractivity contribution in [3.05, 3.63) is 24.2 Å². The number of furan rings is 1. The molecule has 1 aliphatic carbocycles. The average Bonchev–Trinajstić information content (AvgIpc) is 3.21. The summed E-state index contributed by atoms with van der Waals surface area (Å²) < 4.78 is 5.43. The zero-order valence-corrected chi connectivity index (χ0v) is 20.0. The summed E-state index contributed by atoms with van der Waals surface area (Å²) in [6, 6.07) is 5.36. The number of hydrogen-bond donors (Lipinski definition) is 2. The van der Waals surface area contributed by atoms with E-state index in [0.29, 0.717) is 12.0 Å². The molecule has 1 aromatic heterocycles. The van der Waals surface area contributed by atoms with Crippen LogP contribution in [0, 0.1) is 5.92 Å². The molecule has 0 spiro atoms. The van der Waals surface area contributed by atoms with Crippen molar-refractivity contribution in [1.82, 2.24) is 15.5 Å². The quantitative estimate of drug-likeness (QED) is 0.329. The number of hydrogen-bond acceptors (Lipinski definition) is 3. The van der Waals surface area contributed by atoms with Crippen molar-refractivity contribution in [3.63, 3.8) is 0 Å². The van der Waals surface area contributed by atoms with E-state index in [2.05, 4.69) is 29.4 Å². The molecule has 1 aromatic rings. The number of nitrogens with one attached hydrogen (secondary N) is 2. The number of halogens is 1. The molecule has 0 radical (unpaired) electrons. The SMILES string of the molecule is CC(C)CN=C(NCCc1ccco1)NC1CCN(C2CCCCC2)CC1.I. The third kappa shape index (κ3) is 7.93. The second kappa shape index (κ2) is 12.7. The first kappa shape index (κ1) is 23.5. The summed E-state index contributed by atoms with van der Waals surface area (Å²) in [4.78, 5) is 7.54. The van der Waals surface area contributed by atoms with Gasteiger partial charge in [0.05, 0.1) is 6.26 Å². The van der Waals surface area contributed by atoms with Crippen LogP contribution in [0.1, 0.15) is 64.6 Å². The number of rotatable bonds is 7. The van der Waals surface area contributed by atoms with Crippen LogP contribution in [-0.4, -0.2) is 49.1 Å². The molecule has 0 amide bonds. The Kier molecular flexibility index (Phi) is 10.7. The van der Waals surface area contributed by atoms with E-state index in [4.69, 9.17) is 9.41 Å². The van der Waals surface area contributed by atoms with Crippen LogP contribution < -0.4 is 10.6 Å². The smallest absolute Gasteiger partial charge is 0.191 e. The zero-order chi connectivity index (χ0) is 18.9. The van der Waals surface area contributed by atoms with Crippen LogP contribution >= 0.6 is 24.0 Å². The highest BCUT2D eigenvalue weighted by Gasteiger charge is 2.26. The van der Waals surface area contributed by atoms with Gasteiger partial charge in [0.25, 0.3) is 0 Å². The molecule has 160 valence electrons. The standard InChI is InChI=1S/C22H38N4O.HI/c1-18(2)17-24-22(23-13-10-21-9-6-16-27-21)25-19-11-14-26(15-12-19)20-7-4-3-5-8-20;/h6,9,16,18-20H,3-5,7-8,10-15,17H2,1-2H3,(H2,23,24,25);1H. The largest absolute Gasteiger partial charge is 0.469 e. The molecule has 0 aromatic carbocycles. The van der Waals surface area contributed by atoms with E-state index in [9.17, 15) is 0 Å². The van der Waals surface area contributed by atoms with E-state index in [-0.39, 0.29) is 24.0 Å². The highest BCUT2D eigenvalue weighted by atomic mass is 127. The van der Waals surface area contributed by atoms with Gasteiger partial charge in [-0.1, -0.05) is 33.1 Å². The fourth-order valence-corrected chi connectivity index (χ4v) is 4.23. The van der Waals surface area contributed by atoms with E-state index in [0.717, 1.165) is 37.3 Å². The minimum atomic E-state index is 0. The van der Waals surface area contributed by atoms with Crippen molar-refractivity contribution in [2.24, 2.45) is 10.9 Å². The minimum absolute atomic E-state index is 0. The number of likely N-dealkylation sites (tertiary alicyclic amines) is 1. The van der Waals surface area contributed by atoms with Crippen molar-refractivity contribution in [2.45, 2.75) is 77.3 Å². The first-order chi connectivity index (χ1) is 13.2. The third-order valence-electron chi connectivity index (χ3n) is 5.82. The average molecular weight is 502 g/mol. The lowest BCUT2D eigenvalue weighted by Crippen LogP contribution is -2.51. The third-order valence-corrected chi connectivity index (χ3v) is 5.82. The first-order valence-electron chi connectivity index (χ1n) is 11.0. The zero-order valence-electron chi connectivity index (χ0n) is 17.7. The summed E-state index contributed by atoms with van der Waals surface area (Å²) in [7, 11) is 0. The Balaban J connectivity index is 0.00000280. The maximum Gasteiger partial charge on any atom is 0.191 e. The first-order valence-corrected chi connectivity index (χ1v) is 11.0. The lowest BCUT2D eigenvalue weighted by atomic mass is 9.92. The molecular weight excluding hydrogens is 463 g/mol. The van der Waals surface area contributed by atoms with Crippen LogP contribution in [0.3, 0.4) is 0 Å². The summed E-state index contributed by atoms with van der Waals surface area (Å²) in [6.45, 7) is 8.59. The normalized spacial score (nSPS) is 20.2. The van der Waals surface area contributed by atoms with Gasteiger partial charge in [0.2, 0.25) is 0 Å². The molecule has 3 rings (SSSR count). The molecule has 2 heterocycles.